The van der Waals surface area contributed by atoms with Crippen LogP contribution in [-0.2, 0) is 10.1 Å². The molecule has 0 atom stereocenters. The van der Waals surface area contributed by atoms with Gasteiger partial charge in [-0.3, -0.25) is 4.55 Å². The van der Waals surface area contributed by atoms with E-state index in [1.54, 1.807) is 12.1 Å². The Balaban J connectivity index is 2.46. The number of hydrogen-bond acceptors (Lipinski definition) is 4. The van der Waals surface area contributed by atoms with Gasteiger partial charge in [0.2, 0.25) is 0 Å². The van der Waals surface area contributed by atoms with Crippen molar-refractivity contribution in [2.75, 3.05) is 32.5 Å². The minimum absolute atomic E-state index is 0.0867. The molecule has 0 aliphatic carbocycles. The summed E-state index contributed by atoms with van der Waals surface area (Å²) >= 11 is 0. The van der Waals surface area contributed by atoms with Crippen molar-refractivity contribution in [1.29, 1.82) is 0 Å². The van der Waals surface area contributed by atoms with E-state index in [1.165, 1.54) is 12.1 Å². The molecule has 0 saturated carbocycles. The van der Waals surface area contributed by atoms with E-state index in [4.69, 9.17) is 4.55 Å². The molecule has 0 bridgehead atoms. The second-order valence-electron chi connectivity index (χ2n) is 4.08. The topological polar surface area (TPSA) is 69.6 Å². The quantitative estimate of drug-likeness (QED) is 0.594. The fraction of sp³-hybridized carbons (Fsp3) is 0.455. The van der Waals surface area contributed by atoms with E-state index in [0.29, 0.717) is 0 Å². The maximum atomic E-state index is 10.8. The van der Waals surface area contributed by atoms with Crippen LogP contribution >= 0.6 is 0 Å². The molecule has 5 nitrogen and oxygen atoms in total. The van der Waals surface area contributed by atoms with Gasteiger partial charge in [0.05, 0.1) is 4.90 Å². The molecule has 0 saturated heterocycles. The predicted molar refractivity (Wildman–Crippen MR) is 67.9 cm³/mol. The lowest BCUT2D eigenvalue weighted by Crippen LogP contribution is -2.16. The van der Waals surface area contributed by atoms with Crippen molar-refractivity contribution in [3.05, 3.63) is 24.3 Å². The summed E-state index contributed by atoms with van der Waals surface area (Å²) in [6.45, 7) is 1.82. The van der Waals surface area contributed by atoms with Gasteiger partial charge in [-0.25, -0.2) is 0 Å². The summed E-state index contributed by atoms with van der Waals surface area (Å²) in [6.07, 6.45) is 1.01. The summed E-state index contributed by atoms with van der Waals surface area (Å²) in [5.41, 5.74) is 0.844. The first-order valence-corrected chi connectivity index (χ1v) is 6.80. The standard InChI is InChI=1S/C11H18N2O3S/c1-13(2)9-3-8-12-10-4-6-11(7-5-10)17(14,15)16/h4-7,12H,3,8-9H2,1-2H3,(H,14,15,16). The summed E-state index contributed by atoms with van der Waals surface area (Å²) in [5, 5.41) is 3.18. The SMILES string of the molecule is CN(C)CCCNc1ccc(S(=O)(=O)O)cc1. The van der Waals surface area contributed by atoms with E-state index in [1.807, 2.05) is 14.1 Å². The van der Waals surface area contributed by atoms with E-state index in [0.717, 1.165) is 25.2 Å². The lowest BCUT2D eigenvalue weighted by molar-refractivity contribution is 0.405. The molecule has 2 N–H and O–H groups in total. The second kappa shape index (κ2) is 6.00. The Morgan fingerprint density at radius 3 is 2.29 bits per heavy atom. The highest BCUT2D eigenvalue weighted by molar-refractivity contribution is 7.85. The summed E-state index contributed by atoms with van der Waals surface area (Å²) in [4.78, 5) is 2.01. The predicted octanol–water partition coefficient (Wildman–Crippen LogP) is 1.30. The normalized spacial score (nSPS) is 11.8. The molecule has 0 amide bonds. The van der Waals surface area contributed by atoms with Crippen LogP contribution in [0.4, 0.5) is 5.69 Å². The zero-order valence-electron chi connectivity index (χ0n) is 10.0. The summed E-state index contributed by atoms with van der Waals surface area (Å²) in [5.74, 6) is 0. The highest BCUT2D eigenvalue weighted by Gasteiger charge is 2.07. The first-order valence-electron chi connectivity index (χ1n) is 5.36. The number of rotatable bonds is 6. The zero-order valence-corrected chi connectivity index (χ0v) is 10.9. The lowest BCUT2D eigenvalue weighted by atomic mass is 10.3. The van der Waals surface area contributed by atoms with E-state index < -0.39 is 10.1 Å². The summed E-state index contributed by atoms with van der Waals surface area (Å²) in [7, 11) is -0.0609. The molecule has 6 heteroatoms. The molecule has 0 fully saturated rings. The van der Waals surface area contributed by atoms with Gasteiger partial charge in [-0.05, 0) is 51.3 Å². The van der Waals surface area contributed by atoms with Crippen LogP contribution in [0.5, 0.6) is 0 Å². The molecule has 96 valence electrons. The van der Waals surface area contributed by atoms with E-state index in [9.17, 15) is 8.42 Å². The Morgan fingerprint density at radius 1 is 1.24 bits per heavy atom. The minimum atomic E-state index is -4.09. The molecule has 1 rings (SSSR count). The largest absolute Gasteiger partial charge is 0.385 e. The molecule has 0 spiro atoms. The van der Waals surface area contributed by atoms with E-state index >= 15 is 0 Å². The molecule has 1 aromatic carbocycles. The zero-order chi connectivity index (χ0) is 12.9. The molecule has 0 aliphatic rings. The maximum Gasteiger partial charge on any atom is 0.294 e. The van der Waals surface area contributed by atoms with Crippen molar-refractivity contribution < 1.29 is 13.0 Å². The van der Waals surface area contributed by atoms with Crippen LogP contribution in [0.1, 0.15) is 6.42 Å². The number of benzene rings is 1. The molecular formula is C11H18N2O3S. The molecule has 0 heterocycles. The molecule has 0 unspecified atom stereocenters. The highest BCUT2D eigenvalue weighted by Crippen LogP contribution is 2.13. The van der Waals surface area contributed by atoms with Crippen LogP contribution in [-0.4, -0.2) is 45.1 Å². The second-order valence-corrected chi connectivity index (χ2v) is 5.50. The van der Waals surface area contributed by atoms with Gasteiger partial charge in [0.1, 0.15) is 0 Å². The number of nitrogens with one attached hydrogen (secondary N) is 1. The van der Waals surface area contributed by atoms with Gasteiger partial charge in [0.15, 0.2) is 0 Å². The highest BCUT2D eigenvalue weighted by atomic mass is 32.2. The number of nitrogens with zero attached hydrogens (tertiary/aromatic N) is 1. The Hall–Kier alpha value is -1.11. The van der Waals surface area contributed by atoms with Gasteiger partial charge in [0.25, 0.3) is 10.1 Å². The van der Waals surface area contributed by atoms with Crippen LogP contribution in [0.15, 0.2) is 29.2 Å². The fourth-order valence-electron chi connectivity index (χ4n) is 1.37. The Morgan fingerprint density at radius 2 is 1.82 bits per heavy atom. The van der Waals surface area contributed by atoms with Crippen LogP contribution in [0, 0.1) is 0 Å². The van der Waals surface area contributed by atoms with Gasteiger partial charge in [-0.1, -0.05) is 0 Å². The minimum Gasteiger partial charge on any atom is -0.385 e. The van der Waals surface area contributed by atoms with Crippen LogP contribution in [0.2, 0.25) is 0 Å². The van der Waals surface area contributed by atoms with Gasteiger partial charge in [0, 0.05) is 12.2 Å². The van der Waals surface area contributed by atoms with Crippen LogP contribution < -0.4 is 5.32 Å². The molecular weight excluding hydrogens is 240 g/mol. The molecule has 17 heavy (non-hydrogen) atoms. The number of hydrogen-bond donors (Lipinski definition) is 2. The molecule has 0 aromatic heterocycles. The first kappa shape index (κ1) is 14.0. The smallest absolute Gasteiger partial charge is 0.294 e. The lowest BCUT2D eigenvalue weighted by Gasteiger charge is -2.10. The Bertz CT molecular complexity index is 440. The van der Waals surface area contributed by atoms with Crippen molar-refractivity contribution in [3.63, 3.8) is 0 Å². The van der Waals surface area contributed by atoms with Crippen molar-refractivity contribution in [1.82, 2.24) is 4.90 Å². The van der Waals surface area contributed by atoms with Crippen LogP contribution in [0.3, 0.4) is 0 Å². The van der Waals surface area contributed by atoms with Gasteiger partial charge in [-0.2, -0.15) is 8.42 Å². The molecule has 1 aromatic rings. The molecule has 0 radical (unpaired) electrons. The third-order valence-electron chi connectivity index (χ3n) is 2.26. The summed E-state index contributed by atoms with van der Waals surface area (Å²) in [6, 6.07) is 6.03. The summed E-state index contributed by atoms with van der Waals surface area (Å²) < 4.78 is 30.4. The third kappa shape index (κ3) is 5.16. The molecule has 0 aliphatic heterocycles. The maximum absolute atomic E-state index is 10.8. The van der Waals surface area contributed by atoms with Crippen molar-refractivity contribution in [3.8, 4) is 0 Å². The van der Waals surface area contributed by atoms with Crippen molar-refractivity contribution in [2.24, 2.45) is 0 Å². The Labute approximate surface area is 102 Å². The Kier molecular flexibility index (Phi) is 4.92. The average Bonchev–Trinajstić information content (AvgIpc) is 2.23. The van der Waals surface area contributed by atoms with Crippen LogP contribution in [0.25, 0.3) is 0 Å². The average molecular weight is 258 g/mol. The van der Waals surface area contributed by atoms with E-state index in [-0.39, 0.29) is 4.90 Å². The third-order valence-corrected chi connectivity index (χ3v) is 3.13. The number of anilines is 1. The van der Waals surface area contributed by atoms with Crippen molar-refractivity contribution >= 4 is 15.8 Å². The van der Waals surface area contributed by atoms with Gasteiger partial charge in [-0.15, -0.1) is 0 Å². The monoisotopic (exact) mass is 258 g/mol. The van der Waals surface area contributed by atoms with Gasteiger partial charge < -0.3 is 10.2 Å². The van der Waals surface area contributed by atoms with Gasteiger partial charge >= 0.3 is 0 Å². The van der Waals surface area contributed by atoms with E-state index in [2.05, 4.69) is 10.2 Å². The van der Waals surface area contributed by atoms with Crippen molar-refractivity contribution in [2.45, 2.75) is 11.3 Å². The fourth-order valence-corrected chi connectivity index (χ4v) is 1.85. The first-order chi connectivity index (χ1) is 7.89.